The lowest BCUT2D eigenvalue weighted by Crippen LogP contribution is -2.49. The molecule has 1 fully saturated rings. The number of carbonyl (C=O) groups is 2. The Bertz CT molecular complexity index is 969. The molecule has 4 rings (SSSR count). The van der Waals surface area contributed by atoms with E-state index in [1.54, 1.807) is 12.1 Å². The first-order chi connectivity index (χ1) is 14.1. The first-order valence-electron chi connectivity index (χ1n) is 9.23. The Balaban J connectivity index is 1.39. The molecule has 2 aromatic heterocycles. The number of carbonyl (C=O) groups excluding carboxylic acids is 2. The summed E-state index contributed by atoms with van der Waals surface area (Å²) in [4.78, 5) is 25.1. The molecule has 0 bridgehead atoms. The van der Waals surface area contributed by atoms with Gasteiger partial charge >= 0.3 is 6.09 Å². The standard InChI is InChI=1S/C20H19N3O5S/c21-8-16-15-3-2-14(28-20(25)22-13-10-27-11-13)7-17(15)29-19(16)23-18(24)4-1-12-5-6-26-9-12/h1,4-6,9,13-14H,2-3,7,10-11H2,(H,22,25)(H,23,24). The third-order valence-electron chi connectivity index (χ3n) is 4.77. The van der Waals surface area contributed by atoms with Gasteiger partial charge in [0.2, 0.25) is 5.91 Å². The highest BCUT2D eigenvalue weighted by Crippen LogP contribution is 2.38. The van der Waals surface area contributed by atoms with Gasteiger partial charge in [-0.2, -0.15) is 5.26 Å². The van der Waals surface area contributed by atoms with Crippen LogP contribution in [0.5, 0.6) is 0 Å². The Kier molecular flexibility index (Phi) is 5.64. The molecule has 1 atom stereocenters. The van der Waals surface area contributed by atoms with E-state index < -0.39 is 6.09 Å². The molecule has 1 aliphatic carbocycles. The number of ether oxygens (including phenoxy) is 2. The number of furan rings is 1. The minimum atomic E-state index is -0.443. The fourth-order valence-electron chi connectivity index (χ4n) is 3.23. The molecule has 2 aliphatic rings. The molecule has 9 heteroatoms. The molecule has 1 unspecified atom stereocenters. The highest BCUT2D eigenvalue weighted by molar-refractivity contribution is 7.16. The number of nitrogens with zero attached hydrogens (tertiary/aromatic N) is 1. The molecule has 0 saturated carbocycles. The SMILES string of the molecule is N#Cc1c(NC(=O)C=Cc2ccoc2)sc2c1CCC(OC(=O)NC1COC1)C2. The molecule has 150 valence electrons. The van der Waals surface area contributed by atoms with E-state index in [4.69, 9.17) is 13.9 Å². The lowest BCUT2D eigenvalue weighted by molar-refractivity contribution is -0.111. The predicted octanol–water partition coefficient (Wildman–Crippen LogP) is 2.85. The Morgan fingerprint density at radius 3 is 2.93 bits per heavy atom. The number of alkyl carbamates (subject to hydrolysis) is 1. The van der Waals surface area contributed by atoms with Crippen molar-refractivity contribution in [2.24, 2.45) is 0 Å². The number of hydrogen-bond acceptors (Lipinski definition) is 7. The van der Waals surface area contributed by atoms with Gasteiger partial charge in [-0.05, 0) is 30.5 Å². The van der Waals surface area contributed by atoms with Crippen LogP contribution in [-0.2, 0) is 27.1 Å². The van der Waals surface area contributed by atoms with Gasteiger partial charge < -0.3 is 24.5 Å². The highest BCUT2D eigenvalue weighted by atomic mass is 32.1. The van der Waals surface area contributed by atoms with E-state index in [-0.39, 0.29) is 18.1 Å². The van der Waals surface area contributed by atoms with Crippen molar-refractivity contribution in [2.75, 3.05) is 18.5 Å². The second-order valence-electron chi connectivity index (χ2n) is 6.85. The van der Waals surface area contributed by atoms with Gasteiger partial charge in [0.25, 0.3) is 0 Å². The van der Waals surface area contributed by atoms with Gasteiger partial charge in [-0.15, -0.1) is 11.3 Å². The van der Waals surface area contributed by atoms with E-state index in [0.29, 0.717) is 43.0 Å². The van der Waals surface area contributed by atoms with Crippen LogP contribution in [0.25, 0.3) is 6.08 Å². The molecule has 2 aromatic rings. The third-order valence-corrected chi connectivity index (χ3v) is 5.94. The minimum Gasteiger partial charge on any atom is -0.472 e. The van der Waals surface area contributed by atoms with Crippen molar-refractivity contribution >= 4 is 34.4 Å². The van der Waals surface area contributed by atoms with Crippen molar-refractivity contribution in [3.8, 4) is 6.07 Å². The van der Waals surface area contributed by atoms with Crippen LogP contribution in [-0.4, -0.2) is 37.4 Å². The summed E-state index contributed by atoms with van der Waals surface area (Å²) in [7, 11) is 0. The van der Waals surface area contributed by atoms with Crippen LogP contribution in [0, 0.1) is 11.3 Å². The summed E-state index contributed by atoms with van der Waals surface area (Å²) in [5.41, 5.74) is 2.20. The second kappa shape index (κ2) is 8.51. The highest BCUT2D eigenvalue weighted by Gasteiger charge is 2.29. The zero-order chi connectivity index (χ0) is 20.2. The van der Waals surface area contributed by atoms with Crippen molar-refractivity contribution in [2.45, 2.75) is 31.4 Å². The molecule has 2 amide bonds. The molecule has 29 heavy (non-hydrogen) atoms. The number of nitriles is 1. The van der Waals surface area contributed by atoms with Crippen LogP contribution >= 0.6 is 11.3 Å². The Labute approximate surface area is 171 Å². The van der Waals surface area contributed by atoms with E-state index in [1.165, 1.54) is 29.9 Å². The van der Waals surface area contributed by atoms with Gasteiger partial charge in [-0.1, -0.05) is 0 Å². The number of anilines is 1. The largest absolute Gasteiger partial charge is 0.472 e. The summed E-state index contributed by atoms with van der Waals surface area (Å²) in [5, 5.41) is 15.6. The summed E-state index contributed by atoms with van der Waals surface area (Å²) < 4.78 is 15.5. The average molecular weight is 413 g/mol. The Morgan fingerprint density at radius 2 is 2.24 bits per heavy atom. The number of nitrogens with one attached hydrogen (secondary N) is 2. The maximum Gasteiger partial charge on any atom is 0.407 e. The van der Waals surface area contributed by atoms with Crippen LogP contribution in [0.2, 0.25) is 0 Å². The summed E-state index contributed by atoms with van der Waals surface area (Å²) in [6.07, 6.45) is 7.18. The first-order valence-corrected chi connectivity index (χ1v) is 10.0. The van der Waals surface area contributed by atoms with Gasteiger partial charge in [-0.25, -0.2) is 4.79 Å². The average Bonchev–Trinajstić information content (AvgIpc) is 3.30. The summed E-state index contributed by atoms with van der Waals surface area (Å²) in [6.45, 7) is 1.02. The zero-order valence-corrected chi connectivity index (χ0v) is 16.3. The summed E-state index contributed by atoms with van der Waals surface area (Å²) >= 11 is 1.36. The summed E-state index contributed by atoms with van der Waals surface area (Å²) in [5.74, 6) is -0.323. The smallest absolute Gasteiger partial charge is 0.407 e. The van der Waals surface area contributed by atoms with Crippen LogP contribution in [0.15, 0.2) is 29.1 Å². The van der Waals surface area contributed by atoms with E-state index in [1.807, 2.05) is 0 Å². The molecule has 0 radical (unpaired) electrons. The number of thiophene rings is 1. The predicted molar refractivity (Wildman–Crippen MR) is 105 cm³/mol. The monoisotopic (exact) mass is 413 g/mol. The molecule has 0 spiro atoms. The van der Waals surface area contributed by atoms with Crippen molar-refractivity contribution in [3.63, 3.8) is 0 Å². The Hall–Kier alpha value is -3.09. The minimum absolute atomic E-state index is 0.0190. The van der Waals surface area contributed by atoms with Crippen LogP contribution in [0.3, 0.4) is 0 Å². The maximum absolute atomic E-state index is 12.2. The van der Waals surface area contributed by atoms with E-state index >= 15 is 0 Å². The molecule has 2 N–H and O–H groups in total. The topological polar surface area (TPSA) is 114 Å². The number of fused-ring (bicyclic) bond motifs is 1. The Morgan fingerprint density at radius 1 is 1.38 bits per heavy atom. The zero-order valence-electron chi connectivity index (χ0n) is 15.5. The van der Waals surface area contributed by atoms with Crippen LogP contribution in [0.1, 0.15) is 28.0 Å². The molecule has 0 aromatic carbocycles. The van der Waals surface area contributed by atoms with E-state index in [0.717, 1.165) is 16.0 Å². The second-order valence-corrected chi connectivity index (χ2v) is 7.95. The van der Waals surface area contributed by atoms with Crippen LogP contribution < -0.4 is 10.6 Å². The van der Waals surface area contributed by atoms with Crippen molar-refractivity contribution in [3.05, 3.63) is 46.2 Å². The maximum atomic E-state index is 12.2. The number of rotatable bonds is 5. The van der Waals surface area contributed by atoms with Crippen LogP contribution in [0.4, 0.5) is 9.80 Å². The molecule has 3 heterocycles. The first kappa shape index (κ1) is 19.2. The lowest BCUT2D eigenvalue weighted by atomic mass is 9.94. The van der Waals surface area contributed by atoms with Gasteiger partial charge in [0.05, 0.1) is 37.3 Å². The summed E-state index contributed by atoms with van der Waals surface area (Å²) in [6, 6.07) is 3.96. The van der Waals surface area contributed by atoms with E-state index in [9.17, 15) is 14.9 Å². The molecule has 8 nitrogen and oxygen atoms in total. The molecule has 1 aliphatic heterocycles. The fourth-order valence-corrected chi connectivity index (χ4v) is 4.49. The van der Waals surface area contributed by atoms with E-state index in [2.05, 4.69) is 16.7 Å². The fraction of sp³-hybridized carbons (Fsp3) is 0.350. The third kappa shape index (κ3) is 4.50. The van der Waals surface area contributed by atoms with Crippen molar-refractivity contribution in [1.82, 2.24) is 5.32 Å². The van der Waals surface area contributed by atoms with Gasteiger partial charge in [-0.3, -0.25) is 4.79 Å². The van der Waals surface area contributed by atoms with Crippen molar-refractivity contribution in [1.29, 1.82) is 5.26 Å². The van der Waals surface area contributed by atoms with Gasteiger partial charge in [0.15, 0.2) is 0 Å². The molecular formula is C20H19N3O5S. The van der Waals surface area contributed by atoms with Gasteiger partial charge in [0, 0.05) is 22.9 Å². The molecule has 1 saturated heterocycles. The van der Waals surface area contributed by atoms with Gasteiger partial charge in [0.1, 0.15) is 17.2 Å². The normalized spacial score (nSPS) is 18.5. The quantitative estimate of drug-likeness (QED) is 0.729. The number of hydrogen-bond donors (Lipinski definition) is 2. The van der Waals surface area contributed by atoms with Crippen molar-refractivity contribution < 1.29 is 23.5 Å². The lowest BCUT2D eigenvalue weighted by Gasteiger charge is -2.28. The number of amides is 2. The molecular weight excluding hydrogens is 394 g/mol.